The molecular formula is C31H45N5. The van der Waals surface area contributed by atoms with Crippen LogP contribution in [0.25, 0.3) is 11.1 Å². The summed E-state index contributed by atoms with van der Waals surface area (Å²) in [5, 5.41) is 9.89. The van der Waals surface area contributed by atoms with Crippen LogP contribution in [-0.4, -0.2) is 85.6 Å². The third-order valence-corrected chi connectivity index (χ3v) is 8.21. The molecule has 2 fully saturated rings. The summed E-state index contributed by atoms with van der Waals surface area (Å²) in [6.07, 6.45) is 3.82. The number of likely N-dealkylation sites (tertiary alicyclic amines) is 1. The van der Waals surface area contributed by atoms with Crippen molar-refractivity contribution in [2.75, 3.05) is 66.0 Å². The molecule has 0 unspecified atom stereocenters. The van der Waals surface area contributed by atoms with Gasteiger partial charge < -0.3 is 9.80 Å². The Morgan fingerprint density at radius 2 is 1.50 bits per heavy atom. The van der Waals surface area contributed by atoms with E-state index in [-0.39, 0.29) is 0 Å². The summed E-state index contributed by atoms with van der Waals surface area (Å²) in [4.78, 5) is 10.1. The maximum absolute atomic E-state index is 9.89. The van der Waals surface area contributed by atoms with Crippen LogP contribution in [0.15, 0.2) is 42.5 Å². The molecule has 0 bridgehead atoms. The lowest BCUT2D eigenvalue weighted by Crippen LogP contribution is -2.38. The highest BCUT2D eigenvalue weighted by molar-refractivity contribution is 5.71. The number of nitrogens with zero attached hydrogens (tertiary/aromatic N) is 5. The van der Waals surface area contributed by atoms with Crippen LogP contribution in [-0.2, 0) is 13.1 Å². The van der Waals surface area contributed by atoms with Gasteiger partial charge >= 0.3 is 0 Å². The highest BCUT2D eigenvalue weighted by Crippen LogP contribution is 2.27. The molecular weight excluding hydrogens is 442 g/mol. The first-order valence-corrected chi connectivity index (χ1v) is 14.1. The van der Waals surface area contributed by atoms with Crippen molar-refractivity contribution < 1.29 is 0 Å². The smallest absolute Gasteiger partial charge is 0.0998 e. The lowest BCUT2D eigenvalue weighted by molar-refractivity contribution is 0.143. The van der Waals surface area contributed by atoms with Crippen molar-refractivity contribution in [3.63, 3.8) is 0 Å². The molecule has 2 aromatic rings. The van der Waals surface area contributed by atoms with E-state index in [4.69, 9.17) is 0 Å². The molecule has 0 aliphatic carbocycles. The van der Waals surface area contributed by atoms with Gasteiger partial charge in [0.15, 0.2) is 0 Å². The van der Waals surface area contributed by atoms with Crippen LogP contribution in [0.4, 0.5) is 0 Å². The maximum Gasteiger partial charge on any atom is 0.0998 e. The summed E-state index contributed by atoms with van der Waals surface area (Å²) in [5.74, 6) is 0.844. The second kappa shape index (κ2) is 13.4. The molecule has 0 N–H and O–H groups in total. The average Bonchev–Trinajstić information content (AvgIpc) is 3.12. The first-order chi connectivity index (χ1) is 17.6. The molecule has 2 saturated heterocycles. The zero-order valence-electron chi connectivity index (χ0n) is 22.8. The summed E-state index contributed by atoms with van der Waals surface area (Å²) >= 11 is 0. The van der Waals surface area contributed by atoms with Crippen molar-refractivity contribution in [3.8, 4) is 17.2 Å². The van der Waals surface area contributed by atoms with Gasteiger partial charge in [-0.3, -0.25) is 9.80 Å². The largest absolute Gasteiger partial charge is 0.305 e. The molecule has 194 valence electrons. The fourth-order valence-electron chi connectivity index (χ4n) is 5.77. The molecule has 0 atom stereocenters. The zero-order valence-corrected chi connectivity index (χ0v) is 22.8. The van der Waals surface area contributed by atoms with Crippen molar-refractivity contribution >= 4 is 0 Å². The Morgan fingerprint density at radius 3 is 2.19 bits per heavy atom. The average molecular weight is 488 g/mol. The van der Waals surface area contributed by atoms with Gasteiger partial charge in [0.2, 0.25) is 0 Å². The number of hydrogen-bond acceptors (Lipinski definition) is 5. The SMILES string of the molecule is CCN(CC)CC1CCN(Cc2ccc(-c3ccc(CN4CCCN(C)CC4)cc3C#N)cc2)CC1. The van der Waals surface area contributed by atoms with Gasteiger partial charge in [0.05, 0.1) is 11.6 Å². The van der Waals surface area contributed by atoms with E-state index >= 15 is 0 Å². The number of piperidine rings is 1. The van der Waals surface area contributed by atoms with Crippen LogP contribution in [0.1, 0.15) is 49.8 Å². The standard InChI is InChI=1S/C31H45N5/c1-4-34(5-2)23-27-13-17-36(18-14-27)24-26-7-10-29(11-8-26)31-12-9-28(21-30(31)22-32)25-35-16-6-15-33(3)19-20-35/h7-12,21,27H,4-6,13-20,23-25H2,1-3H3. The quantitative estimate of drug-likeness (QED) is 0.502. The van der Waals surface area contributed by atoms with Crippen LogP contribution >= 0.6 is 0 Å². The molecule has 5 nitrogen and oxygen atoms in total. The molecule has 0 saturated carbocycles. The van der Waals surface area contributed by atoms with Gasteiger partial charge in [-0.25, -0.2) is 0 Å². The minimum Gasteiger partial charge on any atom is -0.305 e. The third kappa shape index (κ3) is 7.40. The fourth-order valence-corrected chi connectivity index (χ4v) is 5.77. The van der Waals surface area contributed by atoms with Crippen LogP contribution in [0, 0.1) is 17.2 Å². The van der Waals surface area contributed by atoms with Gasteiger partial charge in [-0.05, 0) is 99.8 Å². The van der Waals surface area contributed by atoms with Crippen molar-refractivity contribution in [1.82, 2.24) is 19.6 Å². The molecule has 2 aromatic carbocycles. The second-order valence-corrected chi connectivity index (χ2v) is 10.8. The van der Waals surface area contributed by atoms with Crippen LogP contribution < -0.4 is 0 Å². The topological polar surface area (TPSA) is 36.8 Å². The molecule has 0 amide bonds. The van der Waals surface area contributed by atoms with Gasteiger partial charge in [-0.2, -0.15) is 5.26 Å². The van der Waals surface area contributed by atoms with Crippen molar-refractivity contribution in [2.45, 2.75) is 46.2 Å². The number of rotatable bonds is 9. The molecule has 4 rings (SSSR count). The van der Waals surface area contributed by atoms with Gasteiger partial charge in [-0.1, -0.05) is 50.2 Å². The van der Waals surface area contributed by atoms with Crippen molar-refractivity contribution in [3.05, 3.63) is 59.2 Å². The molecule has 2 heterocycles. The Hall–Kier alpha value is -2.23. The first-order valence-electron chi connectivity index (χ1n) is 14.1. The Labute approximate surface area is 219 Å². The van der Waals surface area contributed by atoms with E-state index in [9.17, 15) is 5.26 Å². The maximum atomic E-state index is 9.89. The highest BCUT2D eigenvalue weighted by Gasteiger charge is 2.21. The Kier molecular flexibility index (Phi) is 9.95. The second-order valence-electron chi connectivity index (χ2n) is 10.8. The summed E-state index contributed by atoms with van der Waals surface area (Å²) in [7, 11) is 2.20. The highest BCUT2D eigenvalue weighted by atomic mass is 15.2. The van der Waals surface area contributed by atoms with Gasteiger partial charge in [0.25, 0.3) is 0 Å². The van der Waals surface area contributed by atoms with E-state index in [1.807, 2.05) is 0 Å². The molecule has 5 heteroatoms. The van der Waals surface area contributed by atoms with Crippen LogP contribution in [0.2, 0.25) is 0 Å². The zero-order chi connectivity index (χ0) is 25.3. The predicted octanol–water partition coefficient (Wildman–Crippen LogP) is 4.92. The van der Waals surface area contributed by atoms with E-state index in [1.165, 1.54) is 56.6 Å². The van der Waals surface area contributed by atoms with E-state index in [0.29, 0.717) is 0 Å². The Balaban J connectivity index is 1.33. The third-order valence-electron chi connectivity index (χ3n) is 8.21. The molecule has 2 aliphatic heterocycles. The van der Waals surface area contributed by atoms with Crippen molar-refractivity contribution in [2.24, 2.45) is 5.92 Å². The van der Waals surface area contributed by atoms with Gasteiger partial charge in [0, 0.05) is 32.7 Å². The summed E-state index contributed by atoms with van der Waals surface area (Å²) in [6, 6.07) is 17.8. The summed E-state index contributed by atoms with van der Waals surface area (Å²) < 4.78 is 0. The minimum absolute atomic E-state index is 0.780. The molecule has 0 radical (unpaired) electrons. The number of likely N-dealkylation sites (N-methyl/N-ethyl adjacent to an activating group) is 1. The number of benzene rings is 2. The van der Waals surface area contributed by atoms with Gasteiger partial charge in [-0.15, -0.1) is 0 Å². The monoisotopic (exact) mass is 487 g/mol. The fraction of sp³-hybridized carbons (Fsp3) is 0.581. The first kappa shape index (κ1) is 26.8. The van der Waals surface area contributed by atoms with E-state index in [0.717, 1.165) is 68.4 Å². The molecule has 36 heavy (non-hydrogen) atoms. The summed E-state index contributed by atoms with van der Waals surface area (Å²) in [5.41, 5.74) is 5.56. The van der Waals surface area contributed by atoms with E-state index in [2.05, 4.69) is 89.0 Å². The number of hydrogen-bond donors (Lipinski definition) is 0. The molecule has 0 aromatic heterocycles. The minimum atomic E-state index is 0.780. The summed E-state index contributed by atoms with van der Waals surface area (Å²) in [6.45, 7) is 17.0. The van der Waals surface area contributed by atoms with Crippen LogP contribution in [0.5, 0.6) is 0 Å². The Bertz CT molecular complexity index is 983. The van der Waals surface area contributed by atoms with E-state index < -0.39 is 0 Å². The van der Waals surface area contributed by atoms with E-state index in [1.54, 1.807) is 0 Å². The molecule has 2 aliphatic rings. The normalized spacial score (nSPS) is 18.9. The van der Waals surface area contributed by atoms with Crippen molar-refractivity contribution in [1.29, 1.82) is 5.26 Å². The number of nitriles is 1. The molecule has 0 spiro atoms. The predicted molar refractivity (Wildman–Crippen MR) is 150 cm³/mol. The lowest BCUT2D eigenvalue weighted by Gasteiger charge is -2.34. The van der Waals surface area contributed by atoms with Gasteiger partial charge in [0.1, 0.15) is 0 Å². The Morgan fingerprint density at radius 1 is 0.833 bits per heavy atom. The van der Waals surface area contributed by atoms with Crippen LogP contribution in [0.3, 0.4) is 0 Å². The lowest BCUT2D eigenvalue weighted by atomic mass is 9.95.